The van der Waals surface area contributed by atoms with E-state index in [1.54, 1.807) is 14.2 Å². The zero-order valence-corrected chi connectivity index (χ0v) is 13.6. The molecule has 2 N–H and O–H groups in total. The van der Waals surface area contributed by atoms with Gasteiger partial charge in [-0.05, 0) is 18.2 Å². The van der Waals surface area contributed by atoms with Gasteiger partial charge in [0, 0.05) is 37.6 Å². The van der Waals surface area contributed by atoms with Gasteiger partial charge < -0.3 is 20.2 Å². The molecular weight excluding hydrogens is 304 g/mol. The maximum absolute atomic E-state index is 5.33. The summed E-state index contributed by atoms with van der Waals surface area (Å²) in [6, 6.07) is 7.86. The van der Waals surface area contributed by atoms with Crippen molar-refractivity contribution in [3.8, 4) is 11.5 Å². The van der Waals surface area contributed by atoms with E-state index in [-0.39, 0.29) is 12.4 Å². The van der Waals surface area contributed by atoms with E-state index in [9.17, 15) is 0 Å². The van der Waals surface area contributed by atoms with E-state index in [0.717, 1.165) is 48.6 Å². The summed E-state index contributed by atoms with van der Waals surface area (Å²) in [6.45, 7) is 3.91. The second-order valence-corrected chi connectivity index (χ2v) is 4.95. The van der Waals surface area contributed by atoms with Crippen molar-refractivity contribution in [1.82, 2.24) is 15.3 Å². The number of anilines is 1. The molecule has 2 aromatic rings. The molecule has 0 atom stereocenters. The van der Waals surface area contributed by atoms with Crippen LogP contribution in [0, 0.1) is 0 Å². The number of hydrogen-bond acceptors (Lipinski definition) is 6. The third-order valence-electron chi connectivity index (χ3n) is 3.58. The number of hydrogen-bond donors (Lipinski definition) is 2. The summed E-state index contributed by atoms with van der Waals surface area (Å²) < 4.78 is 10.6. The largest absolute Gasteiger partial charge is 0.493 e. The lowest BCUT2D eigenvalue weighted by molar-refractivity contribution is 0.286. The van der Waals surface area contributed by atoms with Crippen LogP contribution < -0.4 is 20.2 Å². The highest BCUT2D eigenvalue weighted by molar-refractivity contribution is 5.85. The Balaban J connectivity index is 0.00000176. The number of nitrogens with zero attached hydrogens (tertiary/aromatic N) is 2. The molecule has 3 rings (SSSR count). The minimum absolute atomic E-state index is 0. The van der Waals surface area contributed by atoms with E-state index < -0.39 is 0 Å². The molecule has 0 unspecified atom stereocenters. The first-order valence-electron chi connectivity index (χ1n) is 7.05. The Morgan fingerprint density at radius 3 is 2.45 bits per heavy atom. The molecule has 0 radical (unpaired) electrons. The second kappa shape index (κ2) is 7.49. The first-order valence-corrected chi connectivity index (χ1v) is 7.05. The fraction of sp³-hybridized carbons (Fsp3) is 0.400. The number of piperazine rings is 1. The van der Waals surface area contributed by atoms with Gasteiger partial charge in [0.05, 0.1) is 19.7 Å². The molecular formula is C15H21ClN4O2. The summed E-state index contributed by atoms with van der Waals surface area (Å²) in [6.07, 6.45) is 0. The molecule has 0 amide bonds. The van der Waals surface area contributed by atoms with E-state index >= 15 is 0 Å². The van der Waals surface area contributed by atoms with Crippen molar-refractivity contribution in [2.75, 3.05) is 45.8 Å². The van der Waals surface area contributed by atoms with Crippen LogP contribution in [-0.2, 0) is 0 Å². The Kier molecular flexibility index (Phi) is 5.65. The topological polar surface area (TPSA) is 58.7 Å². The summed E-state index contributed by atoms with van der Waals surface area (Å²) in [7, 11) is 3.27. The molecule has 1 aromatic carbocycles. The molecule has 2 heterocycles. The van der Waals surface area contributed by atoms with Crippen molar-refractivity contribution in [1.29, 1.82) is 0 Å². The van der Waals surface area contributed by atoms with Gasteiger partial charge in [0.15, 0.2) is 11.5 Å². The van der Waals surface area contributed by atoms with Crippen molar-refractivity contribution >= 4 is 29.1 Å². The van der Waals surface area contributed by atoms with Crippen LogP contribution in [-0.4, -0.2) is 50.4 Å². The number of fused-ring (bicyclic) bond motifs is 1. The molecule has 0 aliphatic carbocycles. The van der Waals surface area contributed by atoms with Crippen LogP contribution >= 0.6 is 12.4 Å². The van der Waals surface area contributed by atoms with Crippen molar-refractivity contribution in [3.05, 3.63) is 24.3 Å². The number of rotatable bonds is 4. The van der Waals surface area contributed by atoms with Gasteiger partial charge in [-0.2, -0.15) is 0 Å². The van der Waals surface area contributed by atoms with Gasteiger partial charge in [0.25, 0.3) is 0 Å². The van der Waals surface area contributed by atoms with Gasteiger partial charge in [0.2, 0.25) is 0 Å². The van der Waals surface area contributed by atoms with E-state index in [1.807, 2.05) is 24.3 Å². The SMILES string of the molecule is COc1cc2ccc(NN3CCNCC3)nc2cc1OC.Cl. The number of benzene rings is 1. The maximum Gasteiger partial charge on any atom is 0.162 e. The number of nitrogens with one attached hydrogen (secondary N) is 2. The normalized spacial score (nSPS) is 15.2. The quantitative estimate of drug-likeness (QED) is 0.896. The maximum atomic E-state index is 5.33. The lowest BCUT2D eigenvalue weighted by Gasteiger charge is -2.28. The number of pyridine rings is 1. The summed E-state index contributed by atoms with van der Waals surface area (Å²) in [5.41, 5.74) is 4.23. The first-order chi connectivity index (χ1) is 10.3. The second-order valence-electron chi connectivity index (χ2n) is 4.95. The van der Waals surface area contributed by atoms with Crippen LogP contribution in [0.4, 0.5) is 5.82 Å². The van der Waals surface area contributed by atoms with Crippen LogP contribution in [0.5, 0.6) is 11.5 Å². The summed E-state index contributed by atoms with van der Waals surface area (Å²) in [4.78, 5) is 4.64. The molecule has 0 spiro atoms. The molecule has 1 saturated heterocycles. The molecule has 1 aromatic heterocycles. The Bertz CT molecular complexity index is 632. The van der Waals surface area contributed by atoms with Gasteiger partial charge in [-0.25, -0.2) is 9.99 Å². The number of aromatic nitrogens is 1. The molecule has 1 aliphatic heterocycles. The van der Waals surface area contributed by atoms with E-state index in [2.05, 4.69) is 20.7 Å². The van der Waals surface area contributed by atoms with E-state index in [4.69, 9.17) is 9.47 Å². The fourth-order valence-electron chi connectivity index (χ4n) is 2.45. The Hall–Kier alpha value is -1.76. The van der Waals surface area contributed by atoms with Crippen molar-refractivity contribution in [3.63, 3.8) is 0 Å². The number of methoxy groups -OCH3 is 2. The molecule has 7 heteroatoms. The highest BCUT2D eigenvalue weighted by Crippen LogP contribution is 2.31. The molecule has 6 nitrogen and oxygen atoms in total. The zero-order chi connectivity index (χ0) is 14.7. The molecule has 0 saturated carbocycles. The van der Waals surface area contributed by atoms with Gasteiger partial charge in [-0.15, -0.1) is 12.4 Å². The van der Waals surface area contributed by atoms with Crippen LogP contribution in [0.2, 0.25) is 0 Å². The Morgan fingerprint density at radius 2 is 1.77 bits per heavy atom. The van der Waals surface area contributed by atoms with Crippen molar-refractivity contribution < 1.29 is 9.47 Å². The first kappa shape index (κ1) is 16.6. The average Bonchev–Trinajstić information content (AvgIpc) is 2.54. The number of halogens is 1. The minimum atomic E-state index is 0. The highest BCUT2D eigenvalue weighted by atomic mass is 35.5. The summed E-state index contributed by atoms with van der Waals surface area (Å²) >= 11 is 0. The minimum Gasteiger partial charge on any atom is -0.493 e. The molecule has 0 bridgehead atoms. The van der Waals surface area contributed by atoms with Crippen molar-refractivity contribution in [2.45, 2.75) is 0 Å². The predicted octanol–water partition coefficient (Wildman–Crippen LogP) is 1.91. The van der Waals surface area contributed by atoms with Gasteiger partial charge in [-0.3, -0.25) is 0 Å². The van der Waals surface area contributed by atoms with Gasteiger partial charge >= 0.3 is 0 Å². The van der Waals surface area contributed by atoms with Crippen LogP contribution in [0.25, 0.3) is 10.9 Å². The van der Waals surface area contributed by atoms with Crippen LogP contribution in [0.1, 0.15) is 0 Å². The average molecular weight is 325 g/mol. The molecule has 1 fully saturated rings. The monoisotopic (exact) mass is 324 g/mol. The smallest absolute Gasteiger partial charge is 0.162 e. The van der Waals surface area contributed by atoms with Crippen molar-refractivity contribution in [2.24, 2.45) is 0 Å². The standard InChI is InChI=1S/C15H20N4O2.ClH/c1-20-13-9-11-3-4-15(17-12(11)10-14(13)21-2)18-19-7-5-16-6-8-19;/h3-4,9-10,16H,5-8H2,1-2H3,(H,17,18);1H. The Morgan fingerprint density at radius 1 is 1.09 bits per heavy atom. The van der Waals surface area contributed by atoms with Crippen LogP contribution in [0.15, 0.2) is 24.3 Å². The lowest BCUT2D eigenvalue weighted by atomic mass is 10.2. The molecule has 120 valence electrons. The summed E-state index contributed by atoms with van der Waals surface area (Å²) in [5.74, 6) is 2.25. The van der Waals surface area contributed by atoms with Crippen LogP contribution in [0.3, 0.4) is 0 Å². The summed E-state index contributed by atoms with van der Waals surface area (Å²) in [5, 5.41) is 6.52. The molecule has 22 heavy (non-hydrogen) atoms. The Labute approximate surface area is 136 Å². The van der Waals surface area contributed by atoms with Gasteiger partial charge in [0.1, 0.15) is 5.82 Å². The number of hydrazine groups is 1. The third kappa shape index (κ3) is 3.52. The highest BCUT2D eigenvalue weighted by Gasteiger charge is 2.11. The van der Waals surface area contributed by atoms with Gasteiger partial charge in [-0.1, -0.05) is 0 Å². The van der Waals surface area contributed by atoms with E-state index in [0.29, 0.717) is 5.75 Å². The lowest BCUT2D eigenvalue weighted by Crippen LogP contribution is -2.46. The number of ether oxygens (including phenoxy) is 2. The predicted molar refractivity (Wildman–Crippen MR) is 90.2 cm³/mol. The fourth-order valence-corrected chi connectivity index (χ4v) is 2.45. The zero-order valence-electron chi connectivity index (χ0n) is 12.8. The molecule has 1 aliphatic rings. The third-order valence-corrected chi connectivity index (χ3v) is 3.58. The van der Waals surface area contributed by atoms with E-state index in [1.165, 1.54) is 0 Å².